The van der Waals surface area contributed by atoms with E-state index in [2.05, 4.69) is 21.8 Å². The molecule has 102 valence electrons. The molecule has 0 aromatic carbocycles. The molecule has 0 bridgehead atoms. The molecule has 1 unspecified atom stereocenters. The molecule has 6 heteroatoms. The van der Waals surface area contributed by atoms with E-state index < -0.39 is 0 Å². The fraction of sp³-hybridized carbons (Fsp3) is 0.538. The van der Waals surface area contributed by atoms with Crippen molar-refractivity contribution in [1.29, 1.82) is 0 Å². The van der Waals surface area contributed by atoms with Crippen molar-refractivity contribution in [2.24, 2.45) is 0 Å². The summed E-state index contributed by atoms with van der Waals surface area (Å²) < 4.78 is 10.9. The lowest BCUT2D eigenvalue weighted by Crippen LogP contribution is -2.22. The van der Waals surface area contributed by atoms with Gasteiger partial charge in [0.25, 0.3) is 0 Å². The first-order valence-electron chi connectivity index (χ1n) is 6.18. The van der Waals surface area contributed by atoms with Gasteiger partial charge in [0.05, 0.1) is 0 Å². The average Bonchev–Trinajstić information content (AvgIpc) is 2.41. The number of nitrogens with two attached hydrogens (primary N) is 1. The normalized spacial score (nSPS) is 18.7. The average molecular weight is 282 g/mol. The number of aromatic nitrogens is 2. The van der Waals surface area contributed by atoms with Crippen LogP contribution in [-0.2, 0) is 9.47 Å². The van der Waals surface area contributed by atoms with Crippen LogP contribution in [0.25, 0.3) is 0 Å². The Bertz CT molecular complexity index is 505. The van der Waals surface area contributed by atoms with E-state index in [0.717, 1.165) is 25.9 Å². The van der Waals surface area contributed by atoms with Gasteiger partial charge >= 0.3 is 0 Å². The molecule has 0 amide bonds. The zero-order valence-corrected chi connectivity index (χ0v) is 11.5. The maximum Gasteiger partial charge on any atom is 0.158 e. The van der Waals surface area contributed by atoms with E-state index in [4.69, 9.17) is 26.8 Å². The molecular weight excluding hydrogens is 266 g/mol. The van der Waals surface area contributed by atoms with Gasteiger partial charge in [-0.2, -0.15) is 0 Å². The van der Waals surface area contributed by atoms with Gasteiger partial charge in [0.1, 0.15) is 23.8 Å². The molecule has 5 nitrogen and oxygen atoms in total. The topological polar surface area (TPSA) is 70.3 Å². The Morgan fingerprint density at radius 2 is 2.32 bits per heavy atom. The van der Waals surface area contributed by atoms with Crippen LogP contribution in [0.2, 0.25) is 5.15 Å². The van der Waals surface area contributed by atoms with Crippen molar-refractivity contribution >= 4 is 17.3 Å². The molecule has 1 atom stereocenters. The number of nitrogen functional groups attached to an aromatic ring is 1. The first kappa shape index (κ1) is 14.1. The molecule has 19 heavy (non-hydrogen) atoms. The van der Waals surface area contributed by atoms with E-state index in [1.165, 1.54) is 0 Å². The van der Waals surface area contributed by atoms with Gasteiger partial charge in [-0.3, -0.25) is 0 Å². The van der Waals surface area contributed by atoms with Crippen LogP contribution >= 0.6 is 11.6 Å². The molecule has 1 fully saturated rings. The SMILES string of the molecule is Cc1nc(Cl)c(N)c(C#CCOC2CCCCO2)n1. The maximum atomic E-state index is 5.86. The third-order valence-electron chi connectivity index (χ3n) is 2.70. The number of hydrogen-bond acceptors (Lipinski definition) is 5. The Labute approximate surface area is 117 Å². The molecule has 0 aliphatic carbocycles. The van der Waals surface area contributed by atoms with E-state index in [1.807, 2.05) is 0 Å². The summed E-state index contributed by atoms with van der Waals surface area (Å²) in [6.45, 7) is 2.78. The molecule has 2 rings (SSSR count). The number of halogens is 1. The number of rotatable bonds is 2. The number of nitrogens with zero attached hydrogens (tertiary/aromatic N) is 2. The minimum Gasteiger partial charge on any atom is -0.394 e. The van der Waals surface area contributed by atoms with Gasteiger partial charge in [-0.05, 0) is 32.1 Å². The lowest BCUT2D eigenvalue weighted by molar-refractivity contribution is -0.154. The fourth-order valence-corrected chi connectivity index (χ4v) is 1.95. The van der Waals surface area contributed by atoms with E-state index in [0.29, 0.717) is 17.2 Å². The van der Waals surface area contributed by atoms with E-state index in [9.17, 15) is 0 Å². The molecule has 2 N–H and O–H groups in total. The second-order valence-corrected chi connectivity index (χ2v) is 4.59. The summed E-state index contributed by atoms with van der Waals surface area (Å²) in [5, 5.41) is 0.230. The maximum absolute atomic E-state index is 5.86. The molecule has 0 saturated carbocycles. The van der Waals surface area contributed by atoms with Crippen LogP contribution in [-0.4, -0.2) is 29.5 Å². The first-order valence-corrected chi connectivity index (χ1v) is 6.56. The van der Waals surface area contributed by atoms with Gasteiger partial charge in [0.2, 0.25) is 0 Å². The van der Waals surface area contributed by atoms with E-state index >= 15 is 0 Å². The highest BCUT2D eigenvalue weighted by atomic mass is 35.5. The Kier molecular flexibility index (Phi) is 4.97. The van der Waals surface area contributed by atoms with Crippen molar-refractivity contribution in [3.05, 3.63) is 16.7 Å². The predicted molar refractivity (Wildman–Crippen MR) is 72.6 cm³/mol. The molecule has 1 saturated heterocycles. The molecule has 0 radical (unpaired) electrons. The second kappa shape index (κ2) is 6.71. The highest BCUT2D eigenvalue weighted by Gasteiger charge is 2.12. The van der Waals surface area contributed by atoms with Crippen molar-refractivity contribution < 1.29 is 9.47 Å². The third kappa shape index (κ3) is 4.06. The summed E-state index contributed by atoms with van der Waals surface area (Å²) in [4.78, 5) is 8.08. The third-order valence-corrected chi connectivity index (χ3v) is 2.99. The standard InChI is InChI=1S/C13H16ClN3O2/c1-9-16-10(12(15)13(14)17-9)5-4-8-19-11-6-2-3-7-18-11/h11H,2-3,6-8,15H2,1H3. The van der Waals surface area contributed by atoms with Crippen LogP contribution in [0.4, 0.5) is 5.69 Å². The number of ether oxygens (including phenoxy) is 2. The summed E-state index contributed by atoms with van der Waals surface area (Å²) in [6.07, 6.45) is 3.01. The van der Waals surface area contributed by atoms with Crippen LogP contribution in [0, 0.1) is 18.8 Å². The van der Waals surface area contributed by atoms with Gasteiger partial charge in [-0.1, -0.05) is 17.5 Å². The lowest BCUT2D eigenvalue weighted by atomic mass is 10.2. The van der Waals surface area contributed by atoms with Gasteiger partial charge < -0.3 is 15.2 Å². The van der Waals surface area contributed by atoms with Crippen molar-refractivity contribution in [2.45, 2.75) is 32.5 Å². The number of hydrogen-bond donors (Lipinski definition) is 1. The number of aryl methyl sites for hydroxylation is 1. The van der Waals surface area contributed by atoms with Crippen molar-refractivity contribution in [1.82, 2.24) is 9.97 Å². The van der Waals surface area contributed by atoms with E-state index in [1.54, 1.807) is 6.92 Å². The molecule has 1 aromatic heterocycles. The zero-order chi connectivity index (χ0) is 13.7. The zero-order valence-electron chi connectivity index (χ0n) is 10.8. The van der Waals surface area contributed by atoms with E-state index in [-0.39, 0.29) is 18.1 Å². The molecular formula is C13H16ClN3O2. The van der Waals surface area contributed by atoms with Gasteiger partial charge in [0.15, 0.2) is 11.4 Å². The quantitative estimate of drug-likeness (QED) is 0.662. The Morgan fingerprint density at radius 1 is 1.47 bits per heavy atom. The second-order valence-electron chi connectivity index (χ2n) is 4.23. The molecule has 1 aromatic rings. The Hall–Kier alpha value is -1.35. The molecule has 0 spiro atoms. The van der Waals surface area contributed by atoms with Gasteiger partial charge in [0, 0.05) is 6.61 Å². The molecule has 2 heterocycles. The van der Waals surface area contributed by atoms with Crippen molar-refractivity contribution in [3.63, 3.8) is 0 Å². The summed E-state index contributed by atoms with van der Waals surface area (Å²) in [5.74, 6) is 6.25. The highest BCUT2D eigenvalue weighted by Crippen LogP contribution is 2.18. The first-order chi connectivity index (χ1) is 9.16. The minimum atomic E-state index is -0.142. The number of anilines is 1. The Balaban J connectivity index is 1.92. The highest BCUT2D eigenvalue weighted by molar-refractivity contribution is 6.32. The summed E-state index contributed by atoms with van der Waals surface area (Å²) in [6, 6.07) is 0. The molecule has 1 aliphatic rings. The van der Waals surface area contributed by atoms with Gasteiger partial charge in [-0.25, -0.2) is 9.97 Å². The summed E-state index contributed by atoms with van der Waals surface area (Å²) in [7, 11) is 0. The predicted octanol–water partition coefficient (Wildman–Crippen LogP) is 1.92. The summed E-state index contributed by atoms with van der Waals surface area (Å²) in [5.41, 5.74) is 6.49. The van der Waals surface area contributed by atoms with Crippen molar-refractivity contribution in [3.8, 4) is 11.8 Å². The monoisotopic (exact) mass is 281 g/mol. The van der Waals surface area contributed by atoms with Crippen LogP contribution in [0.1, 0.15) is 30.8 Å². The van der Waals surface area contributed by atoms with Crippen LogP contribution in [0.15, 0.2) is 0 Å². The van der Waals surface area contributed by atoms with Crippen LogP contribution in [0.5, 0.6) is 0 Å². The lowest BCUT2D eigenvalue weighted by Gasteiger charge is -2.21. The molecule has 1 aliphatic heterocycles. The van der Waals surface area contributed by atoms with Crippen LogP contribution in [0.3, 0.4) is 0 Å². The fourth-order valence-electron chi connectivity index (χ4n) is 1.74. The smallest absolute Gasteiger partial charge is 0.158 e. The van der Waals surface area contributed by atoms with Crippen molar-refractivity contribution in [2.75, 3.05) is 18.9 Å². The Morgan fingerprint density at radius 3 is 3.05 bits per heavy atom. The summed E-state index contributed by atoms with van der Waals surface area (Å²) >= 11 is 5.86. The minimum absolute atomic E-state index is 0.142. The van der Waals surface area contributed by atoms with Gasteiger partial charge in [-0.15, -0.1) is 0 Å². The van der Waals surface area contributed by atoms with Crippen LogP contribution < -0.4 is 5.73 Å². The largest absolute Gasteiger partial charge is 0.394 e.